The number of rotatable bonds is 3. The van der Waals surface area contributed by atoms with Crippen molar-refractivity contribution in [3.63, 3.8) is 0 Å². The van der Waals surface area contributed by atoms with Gasteiger partial charge in [-0.15, -0.1) is 0 Å². The van der Waals surface area contributed by atoms with E-state index in [1.165, 1.54) is 23.5 Å². The van der Waals surface area contributed by atoms with Gasteiger partial charge in [-0.2, -0.15) is 0 Å². The van der Waals surface area contributed by atoms with Gasteiger partial charge in [0, 0.05) is 12.7 Å². The van der Waals surface area contributed by atoms with Crippen molar-refractivity contribution in [3.05, 3.63) is 54.1 Å². The Hall–Kier alpha value is -2.01. The highest BCUT2D eigenvalue weighted by atomic mass is 32.2. The summed E-state index contributed by atoms with van der Waals surface area (Å²) in [6.07, 6.45) is 0. The molecule has 0 atom stereocenters. The molecule has 2 rings (SSSR count). The zero-order valence-electron chi connectivity index (χ0n) is 10.9. The van der Waals surface area contributed by atoms with E-state index in [1.54, 1.807) is 18.2 Å². The first kappa shape index (κ1) is 13.4. The molecule has 2 aromatic rings. The van der Waals surface area contributed by atoms with E-state index in [-0.39, 0.29) is 4.90 Å². The van der Waals surface area contributed by atoms with Gasteiger partial charge in [-0.1, -0.05) is 18.2 Å². The number of aryl methyl sites for hydroxylation is 1. The lowest BCUT2D eigenvalue weighted by Crippen LogP contribution is -2.26. The Morgan fingerprint density at radius 3 is 2.37 bits per heavy atom. The molecule has 100 valence electrons. The number of benzene rings is 2. The third-order valence-electron chi connectivity index (χ3n) is 2.88. The monoisotopic (exact) mass is 276 g/mol. The summed E-state index contributed by atoms with van der Waals surface area (Å²) in [7, 11) is -2.04. The predicted octanol–water partition coefficient (Wildman–Crippen LogP) is 2.40. The van der Waals surface area contributed by atoms with Crippen molar-refractivity contribution in [1.29, 1.82) is 0 Å². The van der Waals surface area contributed by atoms with Gasteiger partial charge in [-0.05, 0) is 42.8 Å². The Bertz CT molecular complexity index is 696. The van der Waals surface area contributed by atoms with E-state index < -0.39 is 10.0 Å². The number of nitrogen functional groups attached to an aromatic ring is 1. The molecule has 2 aromatic carbocycles. The summed E-state index contributed by atoms with van der Waals surface area (Å²) in [5, 5.41) is 0. The number of anilines is 2. The molecule has 19 heavy (non-hydrogen) atoms. The van der Waals surface area contributed by atoms with Gasteiger partial charge in [-0.3, -0.25) is 4.31 Å². The summed E-state index contributed by atoms with van der Waals surface area (Å²) in [5.74, 6) is 0. The van der Waals surface area contributed by atoms with Crippen LogP contribution in [0.4, 0.5) is 11.4 Å². The second-order valence-electron chi connectivity index (χ2n) is 4.38. The fourth-order valence-electron chi connectivity index (χ4n) is 1.80. The highest BCUT2D eigenvalue weighted by Crippen LogP contribution is 2.23. The Morgan fingerprint density at radius 1 is 1.05 bits per heavy atom. The lowest BCUT2D eigenvalue weighted by atomic mass is 10.2. The van der Waals surface area contributed by atoms with E-state index in [0.717, 1.165) is 5.56 Å². The van der Waals surface area contributed by atoms with Crippen molar-refractivity contribution in [1.82, 2.24) is 0 Å². The topological polar surface area (TPSA) is 63.4 Å². The molecule has 5 heteroatoms. The molecule has 0 aliphatic rings. The third kappa shape index (κ3) is 2.71. The fraction of sp³-hybridized carbons (Fsp3) is 0.143. The van der Waals surface area contributed by atoms with Gasteiger partial charge in [0.15, 0.2) is 0 Å². The first-order valence-corrected chi connectivity index (χ1v) is 7.26. The average molecular weight is 276 g/mol. The maximum atomic E-state index is 12.5. The highest BCUT2D eigenvalue weighted by molar-refractivity contribution is 7.92. The van der Waals surface area contributed by atoms with Crippen LogP contribution in [0.15, 0.2) is 53.4 Å². The van der Waals surface area contributed by atoms with Crippen LogP contribution >= 0.6 is 0 Å². The molecule has 0 saturated carbocycles. The average Bonchev–Trinajstić information content (AvgIpc) is 2.38. The first-order valence-electron chi connectivity index (χ1n) is 5.82. The molecule has 0 radical (unpaired) electrons. The Kier molecular flexibility index (Phi) is 3.48. The van der Waals surface area contributed by atoms with Gasteiger partial charge in [0.25, 0.3) is 10.0 Å². The molecule has 0 amide bonds. The highest BCUT2D eigenvalue weighted by Gasteiger charge is 2.21. The number of nitrogens with two attached hydrogens (primary N) is 1. The fourth-order valence-corrected chi connectivity index (χ4v) is 3.04. The second-order valence-corrected chi connectivity index (χ2v) is 6.35. The number of hydrogen-bond donors (Lipinski definition) is 1. The van der Waals surface area contributed by atoms with Crippen molar-refractivity contribution in [2.75, 3.05) is 17.1 Å². The van der Waals surface area contributed by atoms with Crippen LogP contribution in [0.5, 0.6) is 0 Å². The zero-order chi connectivity index (χ0) is 14.0. The molecule has 0 saturated heterocycles. The maximum absolute atomic E-state index is 12.5. The molecule has 0 heterocycles. The van der Waals surface area contributed by atoms with Crippen LogP contribution in [-0.2, 0) is 10.0 Å². The van der Waals surface area contributed by atoms with Gasteiger partial charge >= 0.3 is 0 Å². The summed E-state index contributed by atoms with van der Waals surface area (Å²) in [4.78, 5) is 0.191. The van der Waals surface area contributed by atoms with E-state index in [1.807, 2.05) is 25.1 Å². The van der Waals surface area contributed by atoms with Crippen molar-refractivity contribution < 1.29 is 8.42 Å². The van der Waals surface area contributed by atoms with Crippen LogP contribution in [0.1, 0.15) is 5.56 Å². The largest absolute Gasteiger partial charge is 0.399 e. The zero-order valence-corrected chi connectivity index (χ0v) is 11.7. The van der Waals surface area contributed by atoms with E-state index in [9.17, 15) is 8.42 Å². The maximum Gasteiger partial charge on any atom is 0.264 e. The second kappa shape index (κ2) is 4.93. The minimum atomic E-state index is -3.58. The van der Waals surface area contributed by atoms with Crippen molar-refractivity contribution in [3.8, 4) is 0 Å². The molecule has 0 unspecified atom stereocenters. The van der Waals surface area contributed by atoms with Gasteiger partial charge in [0.05, 0.1) is 10.6 Å². The standard InChI is InChI=1S/C14H16N2O2S/c1-11-5-3-7-13(9-11)16(2)19(17,18)14-8-4-6-12(15)10-14/h3-10H,15H2,1-2H3. The lowest BCUT2D eigenvalue weighted by molar-refractivity contribution is 0.594. The van der Waals surface area contributed by atoms with Crippen LogP contribution in [0.25, 0.3) is 0 Å². The van der Waals surface area contributed by atoms with Gasteiger partial charge in [0.1, 0.15) is 0 Å². The minimum Gasteiger partial charge on any atom is -0.399 e. The quantitative estimate of drug-likeness (QED) is 0.876. The van der Waals surface area contributed by atoms with E-state index in [0.29, 0.717) is 11.4 Å². The van der Waals surface area contributed by atoms with E-state index in [4.69, 9.17) is 5.73 Å². The van der Waals surface area contributed by atoms with Crippen molar-refractivity contribution in [2.45, 2.75) is 11.8 Å². The Balaban J connectivity index is 2.45. The smallest absolute Gasteiger partial charge is 0.264 e. The summed E-state index contributed by atoms with van der Waals surface area (Å²) in [6, 6.07) is 13.6. The van der Waals surface area contributed by atoms with Crippen LogP contribution < -0.4 is 10.0 Å². The van der Waals surface area contributed by atoms with Crippen LogP contribution in [0, 0.1) is 6.92 Å². The summed E-state index contributed by atoms with van der Waals surface area (Å²) in [6.45, 7) is 1.92. The SMILES string of the molecule is Cc1cccc(N(C)S(=O)(=O)c2cccc(N)c2)c1. The van der Waals surface area contributed by atoms with Gasteiger partial charge in [-0.25, -0.2) is 8.42 Å². The molecule has 0 aliphatic heterocycles. The number of sulfonamides is 1. The molecule has 4 nitrogen and oxygen atoms in total. The third-order valence-corrected chi connectivity index (χ3v) is 4.66. The first-order chi connectivity index (χ1) is 8.91. The molecular formula is C14H16N2O2S. The van der Waals surface area contributed by atoms with Gasteiger partial charge in [0.2, 0.25) is 0 Å². The number of nitrogens with zero attached hydrogens (tertiary/aromatic N) is 1. The summed E-state index contributed by atoms with van der Waals surface area (Å²) >= 11 is 0. The number of hydrogen-bond acceptors (Lipinski definition) is 3. The molecular weight excluding hydrogens is 260 g/mol. The summed E-state index contributed by atoms with van der Waals surface area (Å²) < 4.78 is 26.2. The van der Waals surface area contributed by atoms with Crippen LogP contribution in [0.2, 0.25) is 0 Å². The molecule has 0 aromatic heterocycles. The van der Waals surface area contributed by atoms with Gasteiger partial charge < -0.3 is 5.73 Å². The molecule has 0 spiro atoms. The summed E-state index contributed by atoms with van der Waals surface area (Å²) in [5.41, 5.74) is 7.70. The van der Waals surface area contributed by atoms with E-state index in [2.05, 4.69) is 0 Å². The predicted molar refractivity (Wildman–Crippen MR) is 77.6 cm³/mol. The normalized spacial score (nSPS) is 11.3. The molecule has 0 aliphatic carbocycles. The Morgan fingerprint density at radius 2 is 1.74 bits per heavy atom. The molecule has 0 bridgehead atoms. The van der Waals surface area contributed by atoms with Crippen molar-refractivity contribution in [2.24, 2.45) is 0 Å². The molecule has 0 fully saturated rings. The van der Waals surface area contributed by atoms with E-state index >= 15 is 0 Å². The van der Waals surface area contributed by atoms with Crippen molar-refractivity contribution >= 4 is 21.4 Å². The van der Waals surface area contributed by atoms with Crippen LogP contribution in [-0.4, -0.2) is 15.5 Å². The molecule has 2 N–H and O–H groups in total. The minimum absolute atomic E-state index is 0.191. The lowest BCUT2D eigenvalue weighted by Gasteiger charge is -2.20. The van der Waals surface area contributed by atoms with Crippen LogP contribution in [0.3, 0.4) is 0 Å². The Labute approximate surface area is 113 Å².